The summed E-state index contributed by atoms with van der Waals surface area (Å²) < 4.78 is 54.6. The molecule has 10 heteroatoms. The van der Waals surface area contributed by atoms with Crippen LogP contribution in [0, 0.1) is 0 Å². The lowest BCUT2D eigenvalue weighted by molar-refractivity contribution is 0.191. The van der Waals surface area contributed by atoms with Crippen LogP contribution in [0.3, 0.4) is 0 Å². The molecule has 0 saturated carbocycles. The summed E-state index contributed by atoms with van der Waals surface area (Å²) in [6.07, 6.45) is 0.541. The van der Waals surface area contributed by atoms with E-state index in [0.29, 0.717) is 6.08 Å². The van der Waals surface area contributed by atoms with Gasteiger partial charge < -0.3 is 14.7 Å². The van der Waals surface area contributed by atoms with E-state index in [4.69, 9.17) is 17.4 Å². The average molecular weight is 266 g/mol. The Kier molecular flexibility index (Phi) is 4.46. The van der Waals surface area contributed by atoms with Gasteiger partial charge in [-0.1, -0.05) is 6.08 Å². The van der Waals surface area contributed by atoms with Crippen LogP contribution >= 0.6 is 15.6 Å². The first-order chi connectivity index (χ1) is 7.37. The van der Waals surface area contributed by atoms with Gasteiger partial charge >= 0.3 is 15.6 Å². The van der Waals surface area contributed by atoms with Crippen LogP contribution in [0.25, 0.3) is 0 Å². The second-order valence-electron chi connectivity index (χ2n) is 2.37. The molecule has 0 heterocycles. The van der Waals surface area contributed by atoms with Gasteiger partial charge in [0.1, 0.15) is 6.67 Å². The normalized spacial score (nSPS) is 20.5. The fourth-order valence-corrected chi connectivity index (χ4v) is 1.78. The number of halogens is 1. The van der Waals surface area contributed by atoms with Gasteiger partial charge in [0.15, 0.2) is 0 Å². The number of hydrogen-bond donors (Lipinski definition) is 3. The van der Waals surface area contributed by atoms with E-state index in [-0.39, 0.29) is 5.57 Å². The van der Waals surface area contributed by atoms with E-state index in [1.165, 1.54) is 6.92 Å². The van der Waals surface area contributed by atoms with Crippen LogP contribution < -0.4 is 0 Å². The maximum absolute atomic E-state index is 12.0. The highest BCUT2D eigenvalue weighted by Crippen LogP contribution is 2.57. The SMILES string of the molecule is [2H]C([2H])(/C=C(\C)CF)OP(=O)(O)OP(=O)(O)O. The summed E-state index contributed by atoms with van der Waals surface area (Å²) >= 11 is 0. The quantitative estimate of drug-likeness (QED) is 0.487. The number of phosphoric acid groups is 2. The maximum Gasteiger partial charge on any atom is 0.481 e. The zero-order valence-electron chi connectivity index (χ0n) is 9.53. The monoisotopic (exact) mass is 266 g/mol. The molecule has 0 bridgehead atoms. The molecule has 0 saturated heterocycles. The van der Waals surface area contributed by atoms with Crippen molar-refractivity contribution in [3.63, 3.8) is 0 Å². The summed E-state index contributed by atoms with van der Waals surface area (Å²) in [6.45, 7) is -2.74. The molecule has 0 aliphatic heterocycles. The number of rotatable bonds is 6. The predicted octanol–water partition coefficient (Wildman–Crippen LogP) is 1.13. The fraction of sp³-hybridized carbons (Fsp3) is 0.600. The van der Waals surface area contributed by atoms with Crippen molar-refractivity contribution in [2.45, 2.75) is 6.92 Å². The van der Waals surface area contributed by atoms with Gasteiger partial charge in [-0.3, -0.25) is 4.52 Å². The molecule has 0 aliphatic carbocycles. The molecule has 0 spiro atoms. The third-order valence-electron chi connectivity index (χ3n) is 0.894. The lowest BCUT2D eigenvalue weighted by atomic mass is 10.3. The highest BCUT2D eigenvalue weighted by Gasteiger charge is 2.31. The number of alkyl halides is 1. The van der Waals surface area contributed by atoms with Gasteiger partial charge in [-0.25, -0.2) is 13.5 Å². The molecule has 1 atom stereocenters. The minimum atomic E-state index is -5.31. The van der Waals surface area contributed by atoms with Gasteiger partial charge in [-0.15, -0.1) is 0 Å². The van der Waals surface area contributed by atoms with Gasteiger partial charge in [0.2, 0.25) is 0 Å². The predicted molar refractivity (Wildman–Crippen MR) is 48.6 cm³/mol. The van der Waals surface area contributed by atoms with E-state index in [0.717, 1.165) is 0 Å². The van der Waals surface area contributed by atoms with Gasteiger partial charge in [0, 0.05) is 0 Å². The van der Waals surface area contributed by atoms with E-state index in [1.807, 2.05) is 0 Å². The molecule has 0 rings (SSSR count). The van der Waals surface area contributed by atoms with Crippen molar-refractivity contribution in [3.8, 4) is 0 Å². The van der Waals surface area contributed by atoms with Crippen molar-refractivity contribution >= 4 is 15.6 Å². The third-order valence-corrected chi connectivity index (χ3v) is 2.91. The van der Waals surface area contributed by atoms with Crippen molar-refractivity contribution in [1.82, 2.24) is 0 Å². The Hall–Kier alpha value is -0.0700. The first kappa shape index (κ1) is 11.4. The molecular formula is C5H11FO7P2. The molecule has 15 heavy (non-hydrogen) atoms. The highest BCUT2D eigenvalue weighted by atomic mass is 31.3. The minimum Gasteiger partial charge on any atom is -0.302 e. The minimum absolute atomic E-state index is 0.133. The maximum atomic E-state index is 12.0. The summed E-state index contributed by atoms with van der Waals surface area (Å²) in [4.78, 5) is 25.3. The molecule has 0 amide bonds. The molecule has 0 aromatic rings. The van der Waals surface area contributed by atoms with Crippen molar-refractivity contribution in [1.29, 1.82) is 0 Å². The average Bonchev–Trinajstić information content (AvgIpc) is 1.94. The van der Waals surface area contributed by atoms with Crippen LogP contribution in [-0.4, -0.2) is 27.9 Å². The van der Waals surface area contributed by atoms with Crippen LogP contribution in [0.1, 0.15) is 9.67 Å². The first-order valence-corrected chi connectivity index (χ1v) is 6.44. The van der Waals surface area contributed by atoms with Crippen molar-refractivity contribution in [3.05, 3.63) is 11.6 Å². The smallest absolute Gasteiger partial charge is 0.302 e. The Morgan fingerprint density at radius 1 is 1.53 bits per heavy atom. The van der Waals surface area contributed by atoms with E-state index in [9.17, 15) is 13.5 Å². The van der Waals surface area contributed by atoms with Crippen LogP contribution in [0.5, 0.6) is 0 Å². The Bertz CT molecular complexity index is 392. The highest BCUT2D eigenvalue weighted by molar-refractivity contribution is 7.60. The Morgan fingerprint density at radius 2 is 2.07 bits per heavy atom. The molecule has 0 radical (unpaired) electrons. The summed E-state index contributed by atoms with van der Waals surface area (Å²) in [7, 11) is -10.6. The van der Waals surface area contributed by atoms with Crippen molar-refractivity contribution in [2.24, 2.45) is 0 Å². The van der Waals surface area contributed by atoms with E-state index >= 15 is 0 Å². The van der Waals surface area contributed by atoms with E-state index in [1.54, 1.807) is 0 Å². The van der Waals surface area contributed by atoms with Crippen LogP contribution in [0.15, 0.2) is 11.6 Å². The zero-order valence-corrected chi connectivity index (χ0v) is 9.32. The largest absolute Gasteiger partial charge is 0.481 e. The molecule has 90 valence electrons. The summed E-state index contributed by atoms with van der Waals surface area (Å²) in [6, 6.07) is 0. The lowest BCUT2D eigenvalue weighted by Crippen LogP contribution is -1.95. The fourth-order valence-electron chi connectivity index (χ4n) is 0.383. The second-order valence-corrected chi connectivity index (χ2v) is 5.13. The molecule has 3 N–H and O–H groups in total. The van der Waals surface area contributed by atoms with Gasteiger partial charge in [-0.05, 0) is 12.5 Å². The molecular weight excluding hydrogens is 253 g/mol. The second kappa shape index (κ2) is 5.86. The van der Waals surface area contributed by atoms with E-state index in [2.05, 4.69) is 8.83 Å². The third kappa shape index (κ3) is 8.89. The Morgan fingerprint density at radius 3 is 2.47 bits per heavy atom. The van der Waals surface area contributed by atoms with Crippen LogP contribution in [0.4, 0.5) is 4.39 Å². The van der Waals surface area contributed by atoms with E-state index < -0.39 is 28.9 Å². The Labute approximate surface area is 88.2 Å². The number of phosphoric ester groups is 1. The molecule has 0 aromatic carbocycles. The van der Waals surface area contributed by atoms with Gasteiger partial charge in [0.25, 0.3) is 0 Å². The van der Waals surface area contributed by atoms with Gasteiger partial charge in [-0.2, -0.15) is 4.31 Å². The Balaban J connectivity index is 4.83. The van der Waals surface area contributed by atoms with Crippen molar-refractivity contribution in [2.75, 3.05) is 13.2 Å². The topological polar surface area (TPSA) is 113 Å². The number of hydrogen-bond acceptors (Lipinski definition) is 4. The van der Waals surface area contributed by atoms with Crippen molar-refractivity contribution < 1.29 is 39.8 Å². The summed E-state index contributed by atoms with van der Waals surface area (Å²) in [5.41, 5.74) is -0.133. The van der Waals surface area contributed by atoms with Gasteiger partial charge in [0.05, 0.1) is 9.30 Å². The standard InChI is InChI=1S/C5H11FO7P2/c1-5(4-6)2-3-12-15(10,11)13-14(7,8)9/h2H,3-4H2,1H3,(H,10,11)(H2,7,8,9)/b5-2+/i3D2. The molecule has 7 nitrogen and oxygen atoms in total. The summed E-state index contributed by atoms with van der Waals surface area (Å²) in [5.74, 6) is 0. The van der Waals surface area contributed by atoms with Crippen LogP contribution in [-0.2, 0) is 18.0 Å². The molecule has 0 fully saturated rings. The van der Waals surface area contributed by atoms with Crippen LogP contribution in [0.2, 0.25) is 0 Å². The summed E-state index contributed by atoms with van der Waals surface area (Å²) in [5, 5.41) is 0. The zero-order chi connectivity index (χ0) is 13.9. The molecule has 0 aliphatic rings. The molecule has 1 unspecified atom stereocenters. The lowest BCUT2D eigenvalue weighted by Gasteiger charge is -2.10. The first-order valence-electron chi connectivity index (χ1n) is 4.42. The number of allylic oxidation sites excluding steroid dienone is 1. The molecule has 0 aromatic heterocycles.